The van der Waals surface area contributed by atoms with Crippen molar-refractivity contribution in [2.75, 3.05) is 0 Å². The van der Waals surface area contributed by atoms with Gasteiger partial charge >= 0.3 is 0 Å². The fourth-order valence-electron chi connectivity index (χ4n) is 3.30. The van der Waals surface area contributed by atoms with Crippen LogP contribution in [-0.2, 0) is 4.79 Å². The average molecular weight is 182 g/mol. The fourth-order valence-corrected chi connectivity index (χ4v) is 3.30. The Morgan fingerprint density at radius 3 is 2.69 bits per heavy atom. The van der Waals surface area contributed by atoms with Gasteiger partial charge in [0.1, 0.15) is 5.78 Å². The van der Waals surface area contributed by atoms with Gasteiger partial charge < -0.3 is 5.11 Å². The molecule has 3 atom stereocenters. The number of carbonyl (C=O) groups is 1. The smallest absolute Gasteiger partial charge is 0.136 e. The second-order valence-electron chi connectivity index (χ2n) is 5.26. The first kappa shape index (κ1) is 9.20. The Morgan fingerprint density at radius 2 is 2.08 bits per heavy atom. The fraction of sp³-hybridized carbons (Fsp3) is 0.909. The molecular weight excluding hydrogens is 164 g/mol. The van der Waals surface area contributed by atoms with Crippen LogP contribution in [0.15, 0.2) is 0 Å². The Morgan fingerprint density at radius 1 is 1.38 bits per heavy atom. The predicted molar refractivity (Wildman–Crippen MR) is 50.2 cm³/mol. The van der Waals surface area contributed by atoms with Gasteiger partial charge in [-0.05, 0) is 18.3 Å². The van der Waals surface area contributed by atoms with Crippen molar-refractivity contribution < 1.29 is 9.90 Å². The van der Waals surface area contributed by atoms with Gasteiger partial charge in [0.15, 0.2) is 0 Å². The lowest BCUT2D eigenvalue weighted by Gasteiger charge is -2.37. The maximum absolute atomic E-state index is 11.7. The molecular formula is C11H18O2. The lowest BCUT2D eigenvalue weighted by molar-refractivity contribution is -0.123. The van der Waals surface area contributed by atoms with E-state index < -0.39 is 0 Å². The van der Waals surface area contributed by atoms with Crippen LogP contribution >= 0.6 is 0 Å². The van der Waals surface area contributed by atoms with E-state index >= 15 is 0 Å². The molecule has 2 saturated carbocycles. The van der Waals surface area contributed by atoms with Crippen molar-refractivity contribution in [2.24, 2.45) is 17.3 Å². The highest BCUT2D eigenvalue weighted by molar-refractivity contribution is 5.84. The Bertz CT molecular complexity index is 232. The molecule has 0 heterocycles. The monoisotopic (exact) mass is 182 g/mol. The SMILES string of the molecule is CC1(C)CC(=O)[C@H]2CCC[C@@H](O)[C@H]21. The molecule has 2 rings (SSSR count). The zero-order valence-corrected chi connectivity index (χ0v) is 8.42. The van der Waals surface area contributed by atoms with Gasteiger partial charge in [0.05, 0.1) is 6.10 Å². The standard InChI is InChI=1S/C11H18O2/c1-11(2)6-9(13)7-4-3-5-8(12)10(7)11/h7-8,10,12H,3-6H2,1-2H3/t7-,8-,10+/m1/s1. The Hall–Kier alpha value is -0.370. The maximum atomic E-state index is 11.7. The maximum Gasteiger partial charge on any atom is 0.136 e. The molecule has 74 valence electrons. The third-order valence-electron chi connectivity index (χ3n) is 3.81. The molecule has 0 bridgehead atoms. The summed E-state index contributed by atoms with van der Waals surface area (Å²) < 4.78 is 0. The van der Waals surface area contributed by atoms with Crippen molar-refractivity contribution in [1.82, 2.24) is 0 Å². The predicted octanol–water partition coefficient (Wildman–Crippen LogP) is 1.76. The normalized spacial score (nSPS) is 43.3. The van der Waals surface area contributed by atoms with E-state index in [4.69, 9.17) is 0 Å². The molecule has 0 amide bonds. The van der Waals surface area contributed by atoms with E-state index in [-0.39, 0.29) is 23.4 Å². The summed E-state index contributed by atoms with van der Waals surface area (Å²) in [4.78, 5) is 11.7. The van der Waals surface area contributed by atoms with Crippen LogP contribution in [-0.4, -0.2) is 17.0 Å². The number of Topliss-reactive ketones (excluding diaryl/α,β-unsaturated/α-hetero) is 1. The molecule has 2 aliphatic rings. The lowest BCUT2D eigenvalue weighted by atomic mass is 9.70. The molecule has 0 aliphatic heterocycles. The number of hydrogen-bond acceptors (Lipinski definition) is 2. The van der Waals surface area contributed by atoms with E-state index in [1.54, 1.807) is 0 Å². The molecule has 0 aromatic rings. The van der Waals surface area contributed by atoms with Crippen molar-refractivity contribution >= 4 is 5.78 Å². The Labute approximate surface area is 79.3 Å². The van der Waals surface area contributed by atoms with Crippen molar-refractivity contribution in [3.63, 3.8) is 0 Å². The summed E-state index contributed by atoms with van der Waals surface area (Å²) in [6, 6.07) is 0. The Balaban J connectivity index is 2.28. The van der Waals surface area contributed by atoms with E-state index in [0.29, 0.717) is 12.2 Å². The number of aliphatic hydroxyl groups is 1. The Kier molecular flexibility index (Phi) is 1.99. The van der Waals surface area contributed by atoms with Crippen LogP contribution in [0.1, 0.15) is 39.5 Å². The number of rotatable bonds is 0. The second kappa shape index (κ2) is 2.81. The third-order valence-corrected chi connectivity index (χ3v) is 3.81. The summed E-state index contributed by atoms with van der Waals surface area (Å²) in [6.45, 7) is 4.23. The number of aliphatic hydroxyl groups excluding tert-OH is 1. The van der Waals surface area contributed by atoms with Gasteiger partial charge in [0.25, 0.3) is 0 Å². The minimum Gasteiger partial charge on any atom is -0.393 e. The topological polar surface area (TPSA) is 37.3 Å². The highest BCUT2D eigenvalue weighted by atomic mass is 16.3. The molecule has 2 aliphatic carbocycles. The summed E-state index contributed by atoms with van der Waals surface area (Å²) in [7, 11) is 0. The lowest BCUT2D eigenvalue weighted by Crippen LogP contribution is -2.37. The van der Waals surface area contributed by atoms with Gasteiger partial charge in [0.2, 0.25) is 0 Å². The van der Waals surface area contributed by atoms with Gasteiger partial charge in [-0.15, -0.1) is 0 Å². The second-order valence-corrected chi connectivity index (χ2v) is 5.26. The number of carbonyl (C=O) groups excluding carboxylic acids is 1. The van der Waals surface area contributed by atoms with E-state index in [0.717, 1.165) is 19.3 Å². The molecule has 2 fully saturated rings. The van der Waals surface area contributed by atoms with Gasteiger partial charge in [-0.1, -0.05) is 20.3 Å². The molecule has 0 aromatic carbocycles. The van der Waals surface area contributed by atoms with Crippen LogP contribution in [0.3, 0.4) is 0 Å². The van der Waals surface area contributed by atoms with Crippen LogP contribution in [0.5, 0.6) is 0 Å². The molecule has 0 radical (unpaired) electrons. The first-order chi connectivity index (χ1) is 6.02. The first-order valence-corrected chi connectivity index (χ1v) is 5.23. The van der Waals surface area contributed by atoms with Crippen LogP contribution < -0.4 is 0 Å². The summed E-state index contributed by atoms with van der Waals surface area (Å²) in [5.74, 6) is 0.779. The van der Waals surface area contributed by atoms with Crippen molar-refractivity contribution in [2.45, 2.75) is 45.6 Å². The van der Waals surface area contributed by atoms with Gasteiger partial charge in [-0.25, -0.2) is 0 Å². The molecule has 13 heavy (non-hydrogen) atoms. The number of hydrogen-bond donors (Lipinski definition) is 1. The molecule has 0 saturated heterocycles. The van der Waals surface area contributed by atoms with Crippen LogP contribution in [0.4, 0.5) is 0 Å². The minimum atomic E-state index is -0.236. The molecule has 2 nitrogen and oxygen atoms in total. The van der Waals surface area contributed by atoms with Crippen molar-refractivity contribution in [1.29, 1.82) is 0 Å². The van der Waals surface area contributed by atoms with E-state index in [2.05, 4.69) is 13.8 Å². The molecule has 0 unspecified atom stereocenters. The van der Waals surface area contributed by atoms with E-state index in [1.807, 2.05) is 0 Å². The minimum absolute atomic E-state index is 0.0294. The average Bonchev–Trinajstić information content (AvgIpc) is 2.24. The number of fused-ring (bicyclic) bond motifs is 1. The van der Waals surface area contributed by atoms with Crippen molar-refractivity contribution in [3.05, 3.63) is 0 Å². The van der Waals surface area contributed by atoms with Crippen LogP contribution in [0.25, 0.3) is 0 Å². The summed E-state index contributed by atoms with van der Waals surface area (Å²) in [5.41, 5.74) is 0.0294. The van der Waals surface area contributed by atoms with E-state index in [9.17, 15) is 9.90 Å². The highest BCUT2D eigenvalue weighted by Gasteiger charge is 2.51. The first-order valence-electron chi connectivity index (χ1n) is 5.23. The van der Waals surface area contributed by atoms with Crippen LogP contribution in [0, 0.1) is 17.3 Å². The quantitative estimate of drug-likeness (QED) is 0.620. The van der Waals surface area contributed by atoms with Crippen LogP contribution in [0.2, 0.25) is 0 Å². The van der Waals surface area contributed by atoms with Gasteiger partial charge in [-0.2, -0.15) is 0 Å². The third kappa shape index (κ3) is 1.32. The molecule has 1 N–H and O–H groups in total. The summed E-state index contributed by atoms with van der Waals surface area (Å²) >= 11 is 0. The largest absolute Gasteiger partial charge is 0.393 e. The van der Waals surface area contributed by atoms with Gasteiger partial charge in [0, 0.05) is 18.3 Å². The van der Waals surface area contributed by atoms with E-state index in [1.165, 1.54) is 0 Å². The highest BCUT2D eigenvalue weighted by Crippen LogP contribution is 2.50. The molecule has 2 heteroatoms. The van der Waals surface area contributed by atoms with Crippen molar-refractivity contribution in [3.8, 4) is 0 Å². The summed E-state index contributed by atoms with van der Waals surface area (Å²) in [5, 5.41) is 9.88. The molecule has 0 spiro atoms. The summed E-state index contributed by atoms with van der Waals surface area (Å²) in [6.07, 6.45) is 3.34. The van der Waals surface area contributed by atoms with Gasteiger partial charge in [-0.3, -0.25) is 4.79 Å². The number of ketones is 1. The zero-order chi connectivity index (χ0) is 9.64. The molecule has 0 aromatic heterocycles. The zero-order valence-electron chi connectivity index (χ0n) is 8.42.